The summed E-state index contributed by atoms with van der Waals surface area (Å²) < 4.78 is 38.4. The van der Waals surface area contributed by atoms with Crippen molar-refractivity contribution in [3.8, 4) is 0 Å². The van der Waals surface area contributed by atoms with Crippen LogP contribution in [0.5, 0.6) is 0 Å². The third-order valence-electron chi connectivity index (χ3n) is 2.36. The van der Waals surface area contributed by atoms with Gasteiger partial charge in [-0.2, -0.15) is 18.3 Å². The Bertz CT molecular complexity index is 423. The molecule has 1 aromatic heterocycles. The fourth-order valence-corrected chi connectivity index (χ4v) is 1.41. The maximum Gasteiger partial charge on any atom is 0.436 e. The van der Waals surface area contributed by atoms with E-state index in [2.05, 4.69) is 10.4 Å². The molecule has 0 saturated carbocycles. The van der Waals surface area contributed by atoms with Crippen molar-refractivity contribution in [3.63, 3.8) is 0 Å². The van der Waals surface area contributed by atoms with Gasteiger partial charge in [-0.05, 0) is 0 Å². The molecule has 8 heteroatoms. The van der Waals surface area contributed by atoms with Crippen molar-refractivity contribution in [1.82, 2.24) is 15.1 Å². The second-order valence-corrected chi connectivity index (χ2v) is 3.49. The number of alkyl halides is 3. The van der Waals surface area contributed by atoms with Crippen molar-refractivity contribution in [2.45, 2.75) is 12.2 Å². The van der Waals surface area contributed by atoms with Crippen molar-refractivity contribution < 1.29 is 23.1 Å². The van der Waals surface area contributed by atoms with Crippen LogP contribution in [-0.4, -0.2) is 33.9 Å². The van der Waals surface area contributed by atoms with Gasteiger partial charge in [0, 0.05) is 19.3 Å². The monoisotopic (exact) mass is 235 g/mol. The Morgan fingerprint density at radius 3 is 2.50 bits per heavy atom. The molecule has 0 aromatic carbocycles. The van der Waals surface area contributed by atoms with Gasteiger partial charge in [0.2, 0.25) is 0 Å². The zero-order valence-electron chi connectivity index (χ0n) is 7.95. The highest BCUT2D eigenvalue weighted by Crippen LogP contribution is 2.31. The van der Waals surface area contributed by atoms with E-state index in [4.69, 9.17) is 5.11 Å². The van der Waals surface area contributed by atoms with Gasteiger partial charge in [0.05, 0.1) is 6.04 Å². The van der Waals surface area contributed by atoms with Gasteiger partial charge in [-0.25, -0.2) is 4.79 Å². The highest BCUT2D eigenvalue weighted by molar-refractivity contribution is 5.88. The topological polar surface area (TPSA) is 67.2 Å². The summed E-state index contributed by atoms with van der Waals surface area (Å²) in [5.74, 6) is -1.62. The van der Waals surface area contributed by atoms with E-state index in [-0.39, 0.29) is 6.04 Å². The fourth-order valence-electron chi connectivity index (χ4n) is 1.41. The zero-order chi connectivity index (χ0) is 11.9. The molecule has 1 aliphatic rings. The van der Waals surface area contributed by atoms with Crippen molar-refractivity contribution in [3.05, 3.63) is 17.5 Å². The average Bonchev–Trinajstić information content (AvgIpc) is 2.44. The molecule has 0 amide bonds. The second kappa shape index (κ2) is 3.48. The highest BCUT2D eigenvalue weighted by Gasteiger charge is 2.40. The lowest BCUT2D eigenvalue weighted by Crippen LogP contribution is -2.43. The molecule has 2 rings (SSSR count). The van der Waals surface area contributed by atoms with E-state index in [0.29, 0.717) is 13.1 Å². The summed E-state index contributed by atoms with van der Waals surface area (Å²) in [5.41, 5.74) is -2.15. The van der Waals surface area contributed by atoms with Crippen LogP contribution in [0.4, 0.5) is 13.2 Å². The number of hydrogen-bond acceptors (Lipinski definition) is 3. The zero-order valence-corrected chi connectivity index (χ0v) is 7.95. The normalized spacial score (nSPS) is 17.2. The number of carboxylic acids is 1. The van der Waals surface area contributed by atoms with E-state index in [9.17, 15) is 18.0 Å². The molecular weight excluding hydrogens is 227 g/mol. The maximum absolute atomic E-state index is 12.5. The molecule has 0 unspecified atom stereocenters. The Kier molecular flexibility index (Phi) is 2.38. The number of hydrogen-bond donors (Lipinski definition) is 2. The number of halogens is 3. The van der Waals surface area contributed by atoms with Crippen molar-refractivity contribution in [1.29, 1.82) is 0 Å². The van der Waals surface area contributed by atoms with Crippen molar-refractivity contribution in [2.24, 2.45) is 0 Å². The van der Waals surface area contributed by atoms with Gasteiger partial charge in [-0.1, -0.05) is 0 Å². The second-order valence-electron chi connectivity index (χ2n) is 3.49. The minimum absolute atomic E-state index is 0.200. The molecule has 1 saturated heterocycles. The molecule has 0 radical (unpaired) electrons. The van der Waals surface area contributed by atoms with Crippen LogP contribution in [0.1, 0.15) is 22.1 Å². The molecule has 16 heavy (non-hydrogen) atoms. The van der Waals surface area contributed by atoms with Crippen molar-refractivity contribution >= 4 is 5.97 Å². The number of aromatic carboxylic acids is 1. The minimum Gasteiger partial charge on any atom is -0.478 e. The largest absolute Gasteiger partial charge is 0.478 e. The predicted molar refractivity (Wildman–Crippen MR) is 46.1 cm³/mol. The van der Waals surface area contributed by atoms with Gasteiger partial charge in [-0.3, -0.25) is 4.68 Å². The number of aromatic nitrogens is 2. The molecule has 0 spiro atoms. The van der Waals surface area contributed by atoms with Crippen LogP contribution >= 0.6 is 0 Å². The van der Waals surface area contributed by atoms with Gasteiger partial charge in [0.15, 0.2) is 5.69 Å². The first kappa shape index (κ1) is 10.9. The minimum atomic E-state index is -4.74. The van der Waals surface area contributed by atoms with E-state index < -0.39 is 23.4 Å². The third kappa shape index (κ3) is 1.75. The molecule has 5 nitrogen and oxygen atoms in total. The SMILES string of the molecule is O=C(O)c1cn(C2CNC2)nc1C(F)(F)F. The van der Waals surface area contributed by atoms with E-state index in [1.165, 1.54) is 0 Å². The summed E-state index contributed by atoms with van der Waals surface area (Å²) in [5, 5.41) is 14.8. The van der Waals surface area contributed by atoms with Gasteiger partial charge in [0.25, 0.3) is 0 Å². The number of carbonyl (C=O) groups is 1. The summed E-state index contributed by atoms with van der Waals surface area (Å²) in [6, 6.07) is -0.200. The summed E-state index contributed by atoms with van der Waals surface area (Å²) >= 11 is 0. The van der Waals surface area contributed by atoms with Crippen LogP contribution in [-0.2, 0) is 6.18 Å². The molecule has 0 atom stereocenters. The van der Waals surface area contributed by atoms with Crippen LogP contribution in [0.15, 0.2) is 6.20 Å². The number of carboxylic acid groups (broad SMARTS) is 1. The van der Waals surface area contributed by atoms with Gasteiger partial charge in [-0.15, -0.1) is 0 Å². The molecule has 1 fully saturated rings. The Labute approximate surface area is 87.9 Å². The first-order valence-electron chi connectivity index (χ1n) is 4.50. The van der Waals surface area contributed by atoms with Gasteiger partial charge in [0.1, 0.15) is 5.56 Å². The quantitative estimate of drug-likeness (QED) is 0.793. The van der Waals surface area contributed by atoms with Crippen LogP contribution in [0.2, 0.25) is 0 Å². The third-order valence-corrected chi connectivity index (χ3v) is 2.36. The summed E-state index contributed by atoms with van der Waals surface area (Å²) in [6.45, 7) is 0.996. The average molecular weight is 235 g/mol. The number of rotatable bonds is 2. The molecule has 88 valence electrons. The number of nitrogens with one attached hydrogen (secondary N) is 1. The lowest BCUT2D eigenvalue weighted by molar-refractivity contribution is -0.142. The molecule has 0 aliphatic carbocycles. The molecular formula is C8H8F3N3O2. The Morgan fingerprint density at radius 2 is 2.19 bits per heavy atom. The molecule has 2 heterocycles. The fraction of sp³-hybridized carbons (Fsp3) is 0.500. The van der Waals surface area contributed by atoms with Gasteiger partial charge >= 0.3 is 12.1 Å². The molecule has 1 aromatic rings. The predicted octanol–water partition coefficient (Wildman–Crippen LogP) is 0.744. The summed E-state index contributed by atoms with van der Waals surface area (Å²) in [6.07, 6.45) is -3.81. The van der Waals surface area contributed by atoms with Crippen LogP contribution in [0.3, 0.4) is 0 Å². The molecule has 2 N–H and O–H groups in total. The smallest absolute Gasteiger partial charge is 0.436 e. The lowest BCUT2D eigenvalue weighted by atomic mass is 10.2. The Balaban J connectivity index is 2.41. The van der Waals surface area contributed by atoms with Crippen LogP contribution in [0.25, 0.3) is 0 Å². The summed E-state index contributed by atoms with van der Waals surface area (Å²) in [7, 11) is 0. The van der Waals surface area contributed by atoms with Crippen LogP contribution in [0, 0.1) is 0 Å². The van der Waals surface area contributed by atoms with E-state index in [0.717, 1.165) is 10.9 Å². The van der Waals surface area contributed by atoms with Crippen molar-refractivity contribution in [2.75, 3.05) is 13.1 Å². The van der Waals surface area contributed by atoms with Gasteiger partial charge < -0.3 is 10.4 Å². The van der Waals surface area contributed by atoms with E-state index in [1.807, 2.05) is 0 Å². The van der Waals surface area contributed by atoms with E-state index in [1.54, 1.807) is 0 Å². The van der Waals surface area contributed by atoms with Crippen LogP contribution < -0.4 is 5.32 Å². The van der Waals surface area contributed by atoms with E-state index >= 15 is 0 Å². The lowest BCUT2D eigenvalue weighted by Gasteiger charge is -2.27. The standard InChI is InChI=1S/C8H8F3N3O2/c9-8(10,11)6-5(7(15)16)3-14(13-6)4-1-12-2-4/h3-4,12H,1-2H2,(H,15,16). The first-order valence-corrected chi connectivity index (χ1v) is 4.50. The highest BCUT2D eigenvalue weighted by atomic mass is 19.4. The Hall–Kier alpha value is -1.57. The number of nitrogens with zero attached hydrogens (tertiary/aromatic N) is 2. The molecule has 0 bridgehead atoms. The first-order chi connectivity index (χ1) is 7.39. The maximum atomic E-state index is 12.5. The Morgan fingerprint density at radius 1 is 1.56 bits per heavy atom. The summed E-state index contributed by atoms with van der Waals surface area (Å²) in [4.78, 5) is 10.6. The molecule has 1 aliphatic heterocycles.